The third-order valence-corrected chi connectivity index (χ3v) is 3.09. The van der Waals surface area contributed by atoms with Crippen LogP contribution in [0.3, 0.4) is 0 Å². The van der Waals surface area contributed by atoms with Crippen molar-refractivity contribution in [1.29, 1.82) is 0 Å². The molecule has 1 aromatic heterocycles. The van der Waals surface area contributed by atoms with Crippen molar-refractivity contribution in [3.8, 4) is 0 Å². The SMILES string of the molecule is CCC(C)NC(=O)CCNc1ccnc(C(=O)N(C)C)c1. The second-order valence-electron chi connectivity index (χ2n) is 5.18. The minimum Gasteiger partial charge on any atom is -0.384 e. The Bertz CT molecular complexity index is 488. The first-order valence-corrected chi connectivity index (χ1v) is 7.15. The lowest BCUT2D eigenvalue weighted by Crippen LogP contribution is -2.32. The van der Waals surface area contributed by atoms with Gasteiger partial charge in [-0.2, -0.15) is 0 Å². The van der Waals surface area contributed by atoms with Crippen LogP contribution in [0, 0.1) is 0 Å². The van der Waals surface area contributed by atoms with Gasteiger partial charge in [0.25, 0.3) is 5.91 Å². The van der Waals surface area contributed by atoms with E-state index in [1.54, 1.807) is 32.4 Å². The summed E-state index contributed by atoms with van der Waals surface area (Å²) in [5.41, 5.74) is 1.17. The average molecular weight is 292 g/mol. The first-order valence-electron chi connectivity index (χ1n) is 7.15. The van der Waals surface area contributed by atoms with E-state index in [1.165, 1.54) is 4.90 Å². The molecule has 0 aromatic carbocycles. The lowest BCUT2D eigenvalue weighted by molar-refractivity contribution is -0.121. The van der Waals surface area contributed by atoms with Crippen molar-refractivity contribution in [2.45, 2.75) is 32.7 Å². The largest absolute Gasteiger partial charge is 0.384 e. The summed E-state index contributed by atoms with van der Waals surface area (Å²) in [5, 5.41) is 6.04. The number of aromatic nitrogens is 1. The molecule has 2 N–H and O–H groups in total. The Morgan fingerprint density at radius 2 is 2.10 bits per heavy atom. The summed E-state index contributed by atoms with van der Waals surface area (Å²) in [6, 6.07) is 3.66. The maximum Gasteiger partial charge on any atom is 0.272 e. The molecule has 1 atom stereocenters. The number of rotatable bonds is 7. The zero-order valence-corrected chi connectivity index (χ0v) is 13.1. The lowest BCUT2D eigenvalue weighted by atomic mass is 10.2. The fourth-order valence-electron chi connectivity index (χ4n) is 1.66. The van der Waals surface area contributed by atoms with Gasteiger partial charge in [-0.1, -0.05) is 6.92 Å². The van der Waals surface area contributed by atoms with Crippen molar-refractivity contribution < 1.29 is 9.59 Å². The Hall–Kier alpha value is -2.11. The summed E-state index contributed by atoms with van der Waals surface area (Å²) in [6.07, 6.45) is 2.89. The Kier molecular flexibility index (Phi) is 6.65. The van der Waals surface area contributed by atoms with Gasteiger partial charge in [0.15, 0.2) is 0 Å². The lowest BCUT2D eigenvalue weighted by Gasteiger charge is -2.13. The number of hydrogen-bond donors (Lipinski definition) is 2. The van der Waals surface area contributed by atoms with Gasteiger partial charge < -0.3 is 15.5 Å². The van der Waals surface area contributed by atoms with Gasteiger partial charge in [0.2, 0.25) is 5.91 Å². The predicted octanol–water partition coefficient (Wildman–Crippen LogP) is 1.50. The molecule has 0 aliphatic carbocycles. The standard InChI is InChI=1S/C15H24N4O2/c1-5-11(2)18-14(20)7-9-16-12-6-8-17-13(10-12)15(21)19(3)4/h6,8,10-11H,5,7,9H2,1-4H3,(H,16,17)(H,18,20). The smallest absolute Gasteiger partial charge is 0.272 e. The van der Waals surface area contributed by atoms with E-state index in [2.05, 4.69) is 15.6 Å². The van der Waals surface area contributed by atoms with Gasteiger partial charge in [0.1, 0.15) is 5.69 Å². The van der Waals surface area contributed by atoms with Crippen molar-refractivity contribution in [3.63, 3.8) is 0 Å². The monoisotopic (exact) mass is 292 g/mol. The van der Waals surface area contributed by atoms with E-state index in [9.17, 15) is 9.59 Å². The molecule has 116 valence electrons. The van der Waals surface area contributed by atoms with Gasteiger partial charge >= 0.3 is 0 Å². The van der Waals surface area contributed by atoms with E-state index in [0.29, 0.717) is 18.7 Å². The number of pyridine rings is 1. The summed E-state index contributed by atoms with van der Waals surface area (Å²) in [5.74, 6) is -0.122. The number of carbonyl (C=O) groups is 2. The molecule has 1 rings (SSSR count). The van der Waals surface area contributed by atoms with Gasteiger partial charge in [0, 0.05) is 45.0 Å². The summed E-state index contributed by atoms with van der Waals surface area (Å²) < 4.78 is 0. The van der Waals surface area contributed by atoms with Crippen LogP contribution < -0.4 is 10.6 Å². The Morgan fingerprint density at radius 3 is 2.71 bits per heavy atom. The number of hydrogen-bond acceptors (Lipinski definition) is 4. The van der Waals surface area contributed by atoms with Crippen molar-refractivity contribution >= 4 is 17.5 Å². The molecule has 1 unspecified atom stereocenters. The molecule has 0 aliphatic heterocycles. The first-order chi connectivity index (χ1) is 9.93. The summed E-state index contributed by atoms with van der Waals surface area (Å²) in [4.78, 5) is 29.0. The number of amides is 2. The van der Waals surface area contributed by atoms with Crippen LogP contribution >= 0.6 is 0 Å². The molecule has 0 radical (unpaired) electrons. The third kappa shape index (κ3) is 5.81. The highest BCUT2D eigenvalue weighted by Crippen LogP contribution is 2.09. The quantitative estimate of drug-likeness (QED) is 0.798. The number of nitrogens with one attached hydrogen (secondary N) is 2. The molecular formula is C15H24N4O2. The number of anilines is 1. The Balaban J connectivity index is 2.47. The molecule has 0 spiro atoms. The van der Waals surface area contributed by atoms with E-state index in [0.717, 1.165) is 12.1 Å². The fraction of sp³-hybridized carbons (Fsp3) is 0.533. The van der Waals surface area contributed by atoms with E-state index in [-0.39, 0.29) is 17.9 Å². The molecule has 1 heterocycles. The summed E-state index contributed by atoms with van der Waals surface area (Å²) >= 11 is 0. The van der Waals surface area contributed by atoms with Crippen LogP contribution in [-0.4, -0.2) is 48.4 Å². The normalized spacial score (nSPS) is 11.6. The van der Waals surface area contributed by atoms with Crippen LogP contribution in [-0.2, 0) is 4.79 Å². The second kappa shape index (κ2) is 8.24. The van der Waals surface area contributed by atoms with Crippen LogP contribution in [0.25, 0.3) is 0 Å². The molecule has 21 heavy (non-hydrogen) atoms. The Labute approximate surface area is 125 Å². The van der Waals surface area contributed by atoms with Crippen LogP contribution in [0.1, 0.15) is 37.2 Å². The molecule has 6 nitrogen and oxygen atoms in total. The van der Waals surface area contributed by atoms with Gasteiger partial charge in [-0.15, -0.1) is 0 Å². The topological polar surface area (TPSA) is 74.3 Å². The molecule has 0 aliphatic rings. The molecule has 6 heteroatoms. The van der Waals surface area contributed by atoms with E-state index >= 15 is 0 Å². The van der Waals surface area contributed by atoms with Crippen LogP contribution in [0.5, 0.6) is 0 Å². The zero-order chi connectivity index (χ0) is 15.8. The molecule has 2 amide bonds. The molecule has 1 aromatic rings. The molecular weight excluding hydrogens is 268 g/mol. The first kappa shape index (κ1) is 16.9. The van der Waals surface area contributed by atoms with Crippen molar-refractivity contribution in [3.05, 3.63) is 24.0 Å². The highest BCUT2D eigenvalue weighted by atomic mass is 16.2. The summed E-state index contributed by atoms with van der Waals surface area (Å²) in [6.45, 7) is 4.53. The zero-order valence-electron chi connectivity index (χ0n) is 13.1. The van der Waals surface area contributed by atoms with E-state index in [1.807, 2.05) is 13.8 Å². The molecule has 0 fully saturated rings. The second-order valence-corrected chi connectivity index (χ2v) is 5.18. The van der Waals surface area contributed by atoms with Crippen molar-refractivity contribution in [2.75, 3.05) is 26.0 Å². The average Bonchev–Trinajstić information content (AvgIpc) is 2.46. The van der Waals surface area contributed by atoms with Gasteiger partial charge in [-0.3, -0.25) is 14.6 Å². The van der Waals surface area contributed by atoms with Crippen molar-refractivity contribution in [2.24, 2.45) is 0 Å². The molecule has 0 bridgehead atoms. The van der Waals surface area contributed by atoms with Crippen LogP contribution in [0.15, 0.2) is 18.3 Å². The van der Waals surface area contributed by atoms with Gasteiger partial charge in [-0.05, 0) is 25.5 Å². The van der Waals surface area contributed by atoms with E-state index in [4.69, 9.17) is 0 Å². The highest BCUT2D eigenvalue weighted by Gasteiger charge is 2.10. The highest BCUT2D eigenvalue weighted by molar-refractivity contribution is 5.92. The minimum absolute atomic E-state index is 0.0236. The maximum absolute atomic E-state index is 11.8. The fourth-order valence-corrected chi connectivity index (χ4v) is 1.66. The molecule has 0 saturated heterocycles. The maximum atomic E-state index is 11.8. The summed E-state index contributed by atoms with van der Waals surface area (Å²) in [7, 11) is 3.37. The van der Waals surface area contributed by atoms with Gasteiger partial charge in [0.05, 0.1) is 0 Å². The van der Waals surface area contributed by atoms with Crippen LogP contribution in [0.4, 0.5) is 5.69 Å². The number of nitrogens with zero attached hydrogens (tertiary/aromatic N) is 2. The van der Waals surface area contributed by atoms with Crippen molar-refractivity contribution in [1.82, 2.24) is 15.2 Å². The Morgan fingerprint density at radius 1 is 1.38 bits per heavy atom. The molecule has 0 saturated carbocycles. The minimum atomic E-state index is -0.145. The third-order valence-electron chi connectivity index (χ3n) is 3.09. The number of carbonyl (C=O) groups excluding carboxylic acids is 2. The van der Waals surface area contributed by atoms with E-state index < -0.39 is 0 Å². The predicted molar refractivity (Wildman–Crippen MR) is 83.3 cm³/mol. The van der Waals surface area contributed by atoms with Crippen LogP contribution in [0.2, 0.25) is 0 Å². The van der Waals surface area contributed by atoms with Gasteiger partial charge in [-0.25, -0.2) is 0 Å².